The van der Waals surface area contributed by atoms with Gasteiger partial charge in [-0.2, -0.15) is 14.6 Å². The molecule has 1 aliphatic carbocycles. The van der Waals surface area contributed by atoms with Gasteiger partial charge in [0.15, 0.2) is 5.65 Å². The fourth-order valence-electron chi connectivity index (χ4n) is 3.95. The highest BCUT2D eigenvalue weighted by molar-refractivity contribution is 9.10. The molecule has 0 radical (unpaired) electrons. The van der Waals surface area contributed by atoms with Crippen molar-refractivity contribution >= 4 is 27.4 Å². The molecule has 5 rings (SSSR count). The van der Waals surface area contributed by atoms with Crippen LogP contribution in [0.5, 0.6) is 0 Å². The zero-order chi connectivity index (χ0) is 19.6. The van der Waals surface area contributed by atoms with Crippen molar-refractivity contribution in [2.24, 2.45) is 0 Å². The SMILES string of the molecule is Brc1cnn2c(NCc3ccc(-c4ncon4)cc3)cc(C3CCCCC3)nc12. The lowest BCUT2D eigenvalue weighted by Gasteiger charge is -2.22. The van der Waals surface area contributed by atoms with Crippen molar-refractivity contribution in [2.45, 2.75) is 44.6 Å². The molecule has 1 aliphatic rings. The van der Waals surface area contributed by atoms with E-state index >= 15 is 0 Å². The number of nitrogens with one attached hydrogen (secondary N) is 1. The van der Waals surface area contributed by atoms with Crippen LogP contribution in [0.2, 0.25) is 0 Å². The summed E-state index contributed by atoms with van der Waals surface area (Å²) < 4.78 is 7.60. The van der Waals surface area contributed by atoms with Gasteiger partial charge in [0.05, 0.1) is 10.7 Å². The van der Waals surface area contributed by atoms with Crippen molar-refractivity contribution in [2.75, 3.05) is 5.32 Å². The average Bonchev–Trinajstić information content (AvgIpc) is 3.44. The molecule has 0 bridgehead atoms. The number of hydrogen-bond donors (Lipinski definition) is 1. The molecule has 1 N–H and O–H groups in total. The maximum atomic E-state index is 4.90. The number of benzene rings is 1. The summed E-state index contributed by atoms with van der Waals surface area (Å²) >= 11 is 3.59. The summed E-state index contributed by atoms with van der Waals surface area (Å²) in [5.41, 5.74) is 4.12. The van der Waals surface area contributed by atoms with Gasteiger partial charge in [-0.25, -0.2) is 4.98 Å². The highest BCUT2D eigenvalue weighted by Gasteiger charge is 2.20. The highest BCUT2D eigenvalue weighted by atomic mass is 79.9. The summed E-state index contributed by atoms with van der Waals surface area (Å²) in [7, 11) is 0. The minimum absolute atomic E-state index is 0.533. The molecule has 0 unspecified atom stereocenters. The molecule has 1 fully saturated rings. The highest BCUT2D eigenvalue weighted by Crippen LogP contribution is 2.34. The smallest absolute Gasteiger partial charge is 0.214 e. The van der Waals surface area contributed by atoms with E-state index in [4.69, 9.17) is 9.51 Å². The molecule has 7 nitrogen and oxygen atoms in total. The summed E-state index contributed by atoms with van der Waals surface area (Å²) in [5, 5.41) is 11.9. The van der Waals surface area contributed by atoms with E-state index in [0.29, 0.717) is 18.3 Å². The summed E-state index contributed by atoms with van der Waals surface area (Å²) in [6.07, 6.45) is 9.47. The monoisotopic (exact) mass is 452 g/mol. The first-order valence-corrected chi connectivity index (χ1v) is 10.7. The van der Waals surface area contributed by atoms with Crippen LogP contribution in [0.1, 0.15) is 49.3 Å². The van der Waals surface area contributed by atoms with E-state index < -0.39 is 0 Å². The molecule has 4 aromatic rings. The van der Waals surface area contributed by atoms with Gasteiger partial charge in [-0.15, -0.1) is 0 Å². The van der Waals surface area contributed by atoms with Crippen LogP contribution in [-0.4, -0.2) is 24.7 Å². The largest absolute Gasteiger partial charge is 0.366 e. The van der Waals surface area contributed by atoms with Gasteiger partial charge >= 0.3 is 0 Å². The van der Waals surface area contributed by atoms with Crippen LogP contribution in [0.4, 0.5) is 5.82 Å². The summed E-state index contributed by atoms with van der Waals surface area (Å²) in [5.74, 6) is 2.09. The molecule has 8 heteroatoms. The molecule has 0 aliphatic heterocycles. The van der Waals surface area contributed by atoms with Crippen LogP contribution in [-0.2, 0) is 6.54 Å². The summed E-state index contributed by atoms with van der Waals surface area (Å²) in [4.78, 5) is 8.99. The molecule has 3 heterocycles. The van der Waals surface area contributed by atoms with Crippen LogP contribution >= 0.6 is 15.9 Å². The summed E-state index contributed by atoms with van der Waals surface area (Å²) in [6, 6.07) is 10.3. The first-order chi connectivity index (χ1) is 14.3. The number of hydrogen-bond acceptors (Lipinski definition) is 6. The van der Waals surface area contributed by atoms with Gasteiger partial charge in [-0.3, -0.25) is 0 Å². The Hall–Kier alpha value is -2.74. The van der Waals surface area contributed by atoms with Gasteiger partial charge in [0.25, 0.3) is 0 Å². The second kappa shape index (κ2) is 7.94. The Balaban J connectivity index is 1.39. The second-order valence-electron chi connectivity index (χ2n) is 7.43. The van der Waals surface area contributed by atoms with Crippen LogP contribution in [0.15, 0.2) is 51.9 Å². The van der Waals surface area contributed by atoms with Gasteiger partial charge in [0.2, 0.25) is 12.2 Å². The van der Waals surface area contributed by atoms with E-state index in [2.05, 4.69) is 54.7 Å². The Labute approximate surface area is 176 Å². The quantitative estimate of drug-likeness (QED) is 0.447. The Kier molecular flexibility index (Phi) is 5.01. The van der Waals surface area contributed by atoms with Gasteiger partial charge in [0, 0.05) is 29.8 Å². The number of rotatable bonds is 5. The van der Waals surface area contributed by atoms with Crippen molar-refractivity contribution in [1.82, 2.24) is 24.7 Å². The Morgan fingerprint density at radius 2 is 1.97 bits per heavy atom. The molecule has 3 aromatic heterocycles. The van der Waals surface area contributed by atoms with Crippen molar-refractivity contribution in [3.05, 3.63) is 58.7 Å². The third kappa shape index (κ3) is 3.76. The number of nitrogens with zero attached hydrogens (tertiary/aromatic N) is 5. The molecular weight excluding hydrogens is 432 g/mol. The average molecular weight is 453 g/mol. The van der Waals surface area contributed by atoms with Crippen LogP contribution in [0.3, 0.4) is 0 Å². The second-order valence-corrected chi connectivity index (χ2v) is 8.29. The Morgan fingerprint density at radius 1 is 1.14 bits per heavy atom. The third-order valence-electron chi connectivity index (χ3n) is 5.52. The lowest BCUT2D eigenvalue weighted by Crippen LogP contribution is -2.11. The molecule has 1 aromatic carbocycles. The molecule has 0 saturated heterocycles. The third-order valence-corrected chi connectivity index (χ3v) is 6.08. The summed E-state index contributed by atoms with van der Waals surface area (Å²) in [6.45, 7) is 0.688. The number of anilines is 1. The first kappa shape index (κ1) is 18.3. The van der Waals surface area contributed by atoms with E-state index in [-0.39, 0.29) is 0 Å². The molecule has 1 saturated carbocycles. The van der Waals surface area contributed by atoms with E-state index in [0.717, 1.165) is 32.8 Å². The lowest BCUT2D eigenvalue weighted by atomic mass is 9.87. The van der Waals surface area contributed by atoms with Crippen LogP contribution in [0, 0.1) is 0 Å². The zero-order valence-electron chi connectivity index (χ0n) is 15.9. The normalized spacial score (nSPS) is 15.1. The predicted octanol–water partition coefficient (Wildman–Crippen LogP) is 5.20. The molecule has 29 heavy (non-hydrogen) atoms. The van der Waals surface area contributed by atoms with Gasteiger partial charge in [0.1, 0.15) is 5.82 Å². The Morgan fingerprint density at radius 3 is 2.72 bits per heavy atom. The number of aromatic nitrogens is 5. The van der Waals surface area contributed by atoms with Crippen molar-refractivity contribution in [3.63, 3.8) is 0 Å². The number of halogens is 1. The molecular formula is C21H21BrN6O. The van der Waals surface area contributed by atoms with Crippen LogP contribution in [0.25, 0.3) is 17.0 Å². The van der Waals surface area contributed by atoms with Crippen molar-refractivity contribution in [1.29, 1.82) is 0 Å². The standard InChI is InChI=1S/C21H21BrN6O/c22-17-12-25-28-19(10-18(26-21(17)28)15-4-2-1-3-5-15)23-11-14-6-8-16(9-7-14)20-24-13-29-27-20/h6-10,12-13,15,23H,1-5,11H2. The maximum absolute atomic E-state index is 4.90. The van der Waals surface area contributed by atoms with Crippen LogP contribution < -0.4 is 5.32 Å². The minimum Gasteiger partial charge on any atom is -0.366 e. The minimum atomic E-state index is 0.533. The molecule has 0 spiro atoms. The lowest BCUT2D eigenvalue weighted by molar-refractivity contribution is 0.419. The molecule has 0 atom stereocenters. The van der Waals surface area contributed by atoms with E-state index in [1.54, 1.807) is 6.20 Å². The fourth-order valence-corrected chi connectivity index (χ4v) is 4.30. The maximum Gasteiger partial charge on any atom is 0.214 e. The Bertz CT molecular complexity index is 1100. The topological polar surface area (TPSA) is 81.1 Å². The number of fused-ring (bicyclic) bond motifs is 1. The van der Waals surface area contributed by atoms with Gasteiger partial charge < -0.3 is 9.84 Å². The zero-order valence-corrected chi connectivity index (χ0v) is 17.5. The fraction of sp³-hybridized carbons (Fsp3) is 0.333. The molecule has 148 valence electrons. The predicted molar refractivity (Wildman–Crippen MR) is 114 cm³/mol. The van der Waals surface area contributed by atoms with Crippen molar-refractivity contribution < 1.29 is 4.52 Å². The first-order valence-electron chi connectivity index (χ1n) is 9.91. The molecule has 0 amide bonds. The van der Waals surface area contributed by atoms with E-state index in [1.165, 1.54) is 38.5 Å². The van der Waals surface area contributed by atoms with E-state index in [1.807, 2.05) is 16.6 Å². The van der Waals surface area contributed by atoms with E-state index in [9.17, 15) is 0 Å². The van der Waals surface area contributed by atoms with Gasteiger partial charge in [-0.1, -0.05) is 48.7 Å². The van der Waals surface area contributed by atoms with Crippen molar-refractivity contribution in [3.8, 4) is 11.4 Å². The van der Waals surface area contributed by atoms with Gasteiger partial charge in [-0.05, 0) is 34.3 Å².